The third kappa shape index (κ3) is 2.71. The van der Waals surface area contributed by atoms with E-state index in [0.717, 1.165) is 18.2 Å². The number of esters is 1. The summed E-state index contributed by atoms with van der Waals surface area (Å²) < 4.78 is 42.2. The Bertz CT molecular complexity index is 364. The van der Waals surface area contributed by atoms with Crippen LogP contribution >= 0.6 is 0 Å². The molecule has 0 atom stereocenters. The van der Waals surface area contributed by atoms with Gasteiger partial charge in [0.1, 0.15) is 5.82 Å². The third-order valence-electron chi connectivity index (χ3n) is 1.75. The normalized spacial score (nSPS) is 10.5. The number of hydrogen-bond acceptors (Lipinski definition) is 2. The van der Waals surface area contributed by atoms with Crippen LogP contribution in [0, 0.1) is 5.82 Å². The van der Waals surface area contributed by atoms with E-state index in [9.17, 15) is 18.0 Å². The molecule has 1 aromatic rings. The predicted octanol–water partition coefficient (Wildman–Crippen LogP) is 2.94. The quantitative estimate of drug-likeness (QED) is 0.729. The van der Waals surface area contributed by atoms with Crippen molar-refractivity contribution in [3.05, 3.63) is 35.1 Å². The minimum absolute atomic E-state index is 0.0536. The molecule has 0 aliphatic rings. The smallest absolute Gasteiger partial charge is 0.338 e. The molecule has 0 bridgehead atoms. The van der Waals surface area contributed by atoms with Crippen LogP contribution in [-0.2, 0) is 4.74 Å². The Hall–Kier alpha value is -1.52. The van der Waals surface area contributed by atoms with E-state index >= 15 is 0 Å². The second-order valence-electron chi connectivity index (χ2n) is 2.75. The molecule has 2 nitrogen and oxygen atoms in total. The van der Waals surface area contributed by atoms with E-state index in [0.29, 0.717) is 0 Å². The molecule has 0 unspecified atom stereocenters. The summed E-state index contributed by atoms with van der Waals surface area (Å²) in [5.74, 6) is -1.69. The first-order valence-electron chi connectivity index (χ1n) is 4.31. The van der Waals surface area contributed by atoms with Crippen LogP contribution in [0.2, 0.25) is 0 Å². The molecule has 0 aliphatic carbocycles. The van der Waals surface area contributed by atoms with Crippen LogP contribution in [0.1, 0.15) is 29.3 Å². The number of carbonyl (C=O) groups is 1. The van der Waals surface area contributed by atoms with Gasteiger partial charge in [-0.15, -0.1) is 0 Å². The van der Waals surface area contributed by atoms with Gasteiger partial charge in [-0.1, -0.05) is 0 Å². The number of ether oxygens (including phenoxy) is 1. The highest BCUT2D eigenvalue weighted by Crippen LogP contribution is 2.24. The van der Waals surface area contributed by atoms with Gasteiger partial charge in [-0.3, -0.25) is 0 Å². The van der Waals surface area contributed by atoms with Gasteiger partial charge in [0.05, 0.1) is 12.2 Å². The summed E-state index contributed by atoms with van der Waals surface area (Å²) in [4.78, 5) is 11.2. The molecule has 0 amide bonds. The van der Waals surface area contributed by atoms with Gasteiger partial charge >= 0.3 is 5.97 Å². The second-order valence-corrected chi connectivity index (χ2v) is 2.75. The minimum atomic E-state index is -2.83. The molecule has 5 heteroatoms. The summed E-state index contributed by atoms with van der Waals surface area (Å²) >= 11 is 0. The molecule has 0 aliphatic heterocycles. The summed E-state index contributed by atoms with van der Waals surface area (Å²) in [5, 5.41) is 0. The van der Waals surface area contributed by atoms with Crippen LogP contribution in [0.15, 0.2) is 18.2 Å². The van der Waals surface area contributed by atoms with Crippen molar-refractivity contribution >= 4 is 5.97 Å². The number of benzene rings is 1. The largest absolute Gasteiger partial charge is 0.462 e. The van der Waals surface area contributed by atoms with Crippen LogP contribution in [0.25, 0.3) is 0 Å². The third-order valence-corrected chi connectivity index (χ3v) is 1.75. The molecule has 82 valence electrons. The van der Waals surface area contributed by atoms with E-state index in [2.05, 4.69) is 4.74 Å². The molecule has 0 saturated carbocycles. The second kappa shape index (κ2) is 4.82. The van der Waals surface area contributed by atoms with Gasteiger partial charge in [-0.05, 0) is 25.1 Å². The topological polar surface area (TPSA) is 26.3 Å². The lowest BCUT2D eigenvalue weighted by Gasteiger charge is -2.07. The first kappa shape index (κ1) is 11.6. The van der Waals surface area contributed by atoms with Crippen LogP contribution in [-0.4, -0.2) is 12.6 Å². The average Bonchev–Trinajstić information content (AvgIpc) is 2.17. The maximum Gasteiger partial charge on any atom is 0.338 e. The molecule has 0 saturated heterocycles. The zero-order valence-corrected chi connectivity index (χ0v) is 7.97. The average molecular weight is 218 g/mol. The van der Waals surface area contributed by atoms with E-state index in [1.807, 2.05) is 0 Å². The van der Waals surface area contributed by atoms with Gasteiger partial charge in [0.2, 0.25) is 0 Å². The van der Waals surface area contributed by atoms with Crippen LogP contribution < -0.4 is 0 Å². The Morgan fingerprint density at radius 1 is 1.47 bits per heavy atom. The molecular weight excluding hydrogens is 209 g/mol. The molecule has 0 spiro atoms. The lowest BCUT2D eigenvalue weighted by molar-refractivity contribution is 0.0515. The van der Waals surface area contributed by atoms with E-state index in [1.165, 1.54) is 0 Å². The lowest BCUT2D eigenvalue weighted by atomic mass is 10.1. The molecule has 0 heterocycles. The van der Waals surface area contributed by atoms with Crippen molar-refractivity contribution in [2.75, 3.05) is 6.61 Å². The number of hydrogen-bond donors (Lipinski definition) is 0. The van der Waals surface area contributed by atoms with Crippen LogP contribution in [0.3, 0.4) is 0 Å². The Morgan fingerprint density at radius 3 is 2.67 bits per heavy atom. The molecule has 0 aromatic heterocycles. The van der Waals surface area contributed by atoms with Crippen molar-refractivity contribution < 1.29 is 22.7 Å². The standard InChI is InChI=1S/C10H9F3O2/c1-2-15-10(14)8-5-6(11)3-4-7(8)9(12)13/h3-5,9H,2H2,1H3. The number of alkyl halides is 2. The summed E-state index contributed by atoms with van der Waals surface area (Å²) in [7, 11) is 0. The fourth-order valence-electron chi connectivity index (χ4n) is 1.10. The zero-order valence-electron chi connectivity index (χ0n) is 7.97. The van der Waals surface area contributed by atoms with Crippen molar-refractivity contribution in [2.24, 2.45) is 0 Å². The minimum Gasteiger partial charge on any atom is -0.462 e. The highest BCUT2D eigenvalue weighted by Gasteiger charge is 2.19. The van der Waals surface area contributed by atoms with Crippen molar-refractivity contribution in [1.82, 2.24) is 0 Å². The SMILES string of the molecule is CCOC(=O)c1cc(F)ccc1C(F)F. The fourth-order valence-corrected chi connectivity index (χ4v) is 1.10. The van der Waals surface area contributed by atoms with E-state index < -0.39 is 29.3 Å². The van der Waals surface area contributed by atoms with Gasteiger partial charge in [0.15, 0.2) is 0 Å². The van der Waals surface area contributed by atoms with Gasteiger partial charge < -0.3 is 4.74 Å². The van der Waals surface area contributed by atoms with Gasteiger partial charge in [0, 0.05) is 5.56 Å². The lowest BCUT2D eigenvalue weighted by Crippen LogP contribution is -2.09. The maximum atomic E-state index is 12.8. The van der Waals surface area contributed by atoms with Gasteiger partial charge in [-0.2, -0.15) is 0 Å². The van der Waals surface area contributed by atoms with Gasteiger partial charge in [0.25, 0.3) is 6.43 Å². The monoisotopic (exact) mass is 218 g/mol. The highest BCUT2D eigenvalue weighted by molar-refractivity contribution is 5.91. The first-order chi connectivity index (χ1) is 7.06. The first-order valence-corrected chi connectivity index (χ1v) is 4.31. The van der Waals surface area contributed by atoms with Crippen LogP contribution in [0.4, 0.5) is 13.2 Å². The summed E-state index contributed by atoms with van der Waals surface area (Å²) in [5.41, 5.74) is -0.943. The molecule has 15 heavy (non-hydrogen) atoms. The highest BCUT2D eigenvalue weighted by atomic mass is 19.3. The summed E-state index contributed by atoms with van der Waals surface area (Å²) in [6.07, 6.45) is -2.83. The van der Waals surface area contributed by atoms with Crippen molar-refractivity contribution in [3.63, 3.8) is 0 Å². The Balaban J connectivity index is 3.12. The van der Waals surface area contributed by atoms with E-state index in [-0.39, 0.29) is 6.61 Å². The van der Waals surface area contributed by atoms with Gasteiger partial charge in [-0.25, -0.2) is 18.0 Å². The number of carbonyl (C=O) groups excluding carboxylic acids is 1. The number of rotatable bonds is 3. The Labute approximate surface area is 84.7 Å². The summed E-state index contributed by atoms with van der Waals surface area (Å²) in [6, 6.07) is 2.51. The van der Waals surface area contributed by atoms with Crippen molar-refractivity contribution in [3.8, 4) is 0 Å². The van der Waals surface area contributed by atoms with E-state index in [4.69, 9.17) is 0 Å². The fraction of sp³-hybridized carbons (Fsp3) is 0.300. The molecule has 0 radical (unpaired) electrons. The maximum absolute atomic E-state index is 12.8. The van der Waals surface area contributed by atoms with Crippen molar-refractivity contribution in [1.29, 1.82) is 0 Å². The number of halogens is 3. The molecular formula is C10H9F3O2. The Kier molecular flexibility index (Phi) is 3.71. The van der Waals surface area contributed by atoms with Crippen molar-refractivity contribution in [2.45, 2.75) is 13.3 Å². The van der Waals surface area contributed by atoms with Crippen LogP contribution in [0.5, 0.6) is 0 Å². The zero-order chi connectivity index (χ0) is 11.4. The molecule has 0 fully saturated rings. The Morgan fingerprint density at radius 2 is 2.13 bits per heavy atom. The summed E-state index contributed by atoms with van der Waals surface area (Å²) in [6.45, 7) is 1.59. The molecule has 1 aromatic carbocycles. The predicted molar refractivity (Wildman–Crippen MR) is 47.3 cm³/mol. The van der Waals surface area contributed by atoms with E-state index in [1.54, 1.807) is 6.92 Å². The molecule has 0 N–H and O–H groups in total. The molecule has 1 rings (SSSR count).